The number of hydrogen-bond donors (Lipinski definition) is 1. The van der Waals surface area contributed by atoms with Gasteiger partial charge in [0.1, 0.15) is 11.6 Å². The Morgan fingerprint density at radius 3 is 2.70 bits per heavy atom. The number of nitrogens with one attached hydrogen (secondary N) is 1. The number of carbonyl (C=O) groups excluding carboxylic acids is 1. The molecule has 1 unspecified atom stereocenters. The van der Waals surface area contributed by atoms with Gasteiger partial charge in [-0.1, -0.05) is 0 Å². The summed E-state index contributed by atoms with van der Waals surface area (Å²) < 4.78 is 23.9. The SMILES string of the molecule is Cl.O=C(COc1ccc(F)cc1)N(CCN1CCOCC1)C1CCCNC1. The number of halogens is 2. The molecule has 27 heavy (non-hydrogen) atoms. The molecule has 3 rings (SSSR count). The van der Waals surface area contributed by atoms with Crippen molar-refractivity contribution in [3.05, 3.63) is 30.1 Å². The fourth-order valence-electron chi connectivity index (χ4n) is 3.44. The second-order valence-corrected chi connectivity index (χ2v) is 6.78. The Labute approximate surface area is 166 Å². The Morgan fingerprint density at radius 1 is 1.30 bits per heavy atom. The van der Waals surface area contributed by atoms with E-state index in [0.29, 0.717) is 12.3 Å². The second-order valence-electron chi connectivity index (χ2n) is 6.78. The molecule has 2 aliphatic heterocycles. The van der Waals surface area contributed by atoms with Crippen molar-refractivity contribution in [2.75, 3.05) is 59.1 Å². The quantitative estimate of drug-likeness (QED) is 0.751. The maximum Gasteiger partial charge on any atom is 0.260 e. The smallest absolute Gasteiger partial charge is 0.260 e. The van der Waals surface area contributed by atoms with E-state index in [1.165, 1.54) is 12.1 Å². The molecule has 2 saturated heterocycles. The number of amides is 1. The standard InChI is InChI=1S/C19H28FN3O3.ClH/c20-16-3-5-18(6-4-16)26-15-19(24)23(17-2-1-7-21-14-17)9-8-22-10-12-25-13-11-22;/h3-6,17,21H,1-2,7-15H2;1H. The van der Waals surface area contributed by atoms with Crippen molar-refractivity contribution in [1.29, 1.82) is 0 Å². The van der Waals surface area contributed by atoms with Crippen molar-refractivity contribution in [2.24, 2.45) is 0 Å². The summed E-state index contributed by atoms with van der Waals surface area (Å²) in [6.07, 6.45) is 2.09. The summed E-state index contributed by atoms with van der Waals surface area (Å²) in [4.78, 5) is 17.1. The van der Waals surface area contributed by atoms with Crippen molar-refractivity contribution >= 4 is 18.3 Å². The van der Waals surface area contributed by atoms with Crippen LogP contribution in [0.15, 0.2) is 24.3 Å². The first-order valence-electron chi connectivity index (χ1n) is 9.41. The molecule has 1 N–H and O–H groups in total. The van der Waals surface area contributed by atoms with Gasteiger partial charge in [-0.15, -0.1) is 12.4 Å². The lowest BCUT2D eigenvalue weighted by atomic mass is 10.1. The number of piperidine rings is 1. The summed E-state index contributed by atoms with van der Waals surface area (Å²) >= 11 is 0. The summed E-state index contributed by atoms with van der Waals surface area (Å²) in [5.41, 5.74) is 0. The van der Waals surface area contributed by atoms with Crippen molar-refractivity contribution in [3.8, 4) is 5.75 Å². The van der Waals surface area contributed by atoms with Crippen molar-refractivity contribution in [3.63, 3.8) is 0 Å². The Morgan fingerprint density at radius 2 is 2.04 bits per heavy atom. The summed E-state index contributed by atoms with van der Waals surface area (Å²) in [6.45, 7) is 6.69. The summed E-state index contributed by atoms with van der Waals surface area (Å²) in [7, 11) is 0. The van der Waals surface area contributed by atoms with Crippen LogP contribution in [0.3, 0.4) is 0 Å². The third-order valence-corrected chi connectivity index (χ3v) is 4.97. The zero-order valence-electron chi connectivity index (χ0n) is 15.6. The highest BCUT2D eigenvalue weighted by molar-refractivity contribution is 5.85. The van der Waals surface area contributed by atoms with Crippen LogP contribution in [0.4, 0.5) is 4.39 Å². The molecule has 0 radical (unpaired) electrons. The average Bonchev–Trinajstić information content (AvgIpc) is 2.69. The van der Waals surface area contributed by atoms with Crippen LogP contribution in [0, 0.1) is 5.82 Å². The maximum absolute atomic E-state index is 13.0. The molecule has 6 nitrogen and oxygen atoms in total. The van der Waals surface area contributed by atoms with Crippen LogP contribution in [0.25, 0.3) is 0 Å². The Balaban J connectivity index is 0.00000261. The Bertz CT molecular complexity index is 564. The number of carbonyl (C=O) groups is 1. The first-order valence-corrected chi connectivity index (χ1v) is 9.41. The molecule has 8 heteroatoms. The van der Waals surface area contributed by atoms with Gasteiger partial charge in [-0.05, 0) is 43.7 Å². The van der Waals surface area contributed by atoms with Gasteiger partial charge in [0.15, 0.2) is 6.61 Å². The van der Waals surface area contributed by atoms with Crippen LogP contribution in [0.5, 0.6) is 5.75 Å². The number of ether oxygens (including phenoxy) is 2. The predicted octanol–water partition coefficient (Wildman–Crippen LogP) is 1.54. The lowest BCUT2D eigenvalue weighted by Crippen LogP contribution is -2.52. The van der Waals surface area contributed by atoms with Gasteiger partial charge < -0.3 is 19.7 Å². The zero-order chi connectivity index (χ0) is 18.2. The van der Waals surface area contributed by atoms with E-state index in [2.05, 4.69) is 10.2 Å². The van der Waals surface area contributed by atoms with E-state index in [1.807, 2.05) is 4.90 Å². The number of nitrogens with zero attached hydrogens (tertiary/aromatic N) is 2. The van der Waals surface area contributed by atoms with Gasteiger partial charge in [0.25, 0.3) is 5.91 Å². The van der Waals surface area contributed by atoms with Gasteiger partial charge in [-0.3, -0.25) is 9.69 Å². The molecular weight excluding hydrogens is 373 g/mol. The van der Waals surface area contributed by atoms with E-state index < -0.39 is 0 Å². The van der Waals surface area contributed by atoms with Crippen molar-refractivity contribution < 1.29 is 18.7 Å². The van der Waals surface area contributed by atoms with Gasteiger partial charge >= 0.3 is 0 Å². The molecule has 0 aliphatic carbocycles. The molecule has 0 aromatic heterocycles. The first-order chi connectivity index (χ1) is 12.7. The van der Waals surface area contributed by atoms with Gasteiger partial charge in [0.2, 0.25) is 0 Å². The van der Waals surface area contributed by atoms with Crippen molar-refractivity contribution in [2.45, 2.75) is 18.9 Å². The molecule has 1 atom stereocenters. The van der Waals surface area contributed by atoms with Gasteiger partial charge in [-0.2, -0.15) is 0 Å². The molecule has 2 fully saturated rings. The minimum Gasteiger partial charge on any atom is -0.484 e. The van der Waals surface area contributed by atoms with Crippen LogP contribution >= 0.6 is 12.4 Å². The van der Waals surface area contributed by atoms with Gasteiger partial charge in [0, 0.05) is 38.8 Å². The van der Waals surface area contributed by atoms with Crippen LogP contribution in [0.2, 0.25) is 0 Å². The lowest BCUT2D eigenvalue weighted by molar-refractivity contribution is -0.136. The van der Waals surface area contributed by atoms with E-state index in [9.17, 15) is 9.18 Å². The number of rotatable bonds is 7. The van der Waals surface area contributed by atoms with Crippen LogP contribution in [-0.4, -0.2) is 80.8 Å². The molecule has 2 aliphatic rings. The molecule has 0 saturated carbocycles. The van der Waals surface area contributed by atoms with Gasteiger partial charge in [0.05, 0.1) is 13.2 Å². The third-order valence-electron chi connectivity index (χ3n) is 4.97. The fraction of sp³-hybridized carbons (Fsp3) is 0.632. The minimum absolute atomic E-state index is 0. The van der Waals surface area contributed by atoms with Crippen molar-refractivity contribution in [1.82, 2.24) is 15.1 Å². The van der Waals surface area contributed by atoms with E-state index in [4.69, 9.17) is 9.47 Å². The van der Waals surface area contributed by atoms with E-state index in [-0.39, 0.29) is 36.8 Å². The topological polar surface area (TPSA) is 54.0 Å². The predicted molar refractivity (Wildman–Crippen MR) is 104 cm³/mol. The van der Waals surface area contributed by atoms with Crippen LogP contribution in [0.1, 0.15) is 12.8 Å². The van der Waals surface area contributed by atoms with E-state index >= 15 is 0 Å². The summed E-state index contributed by atoms with van der Waals surface area (Å²) in [5, 5.41) is 3.38. The zero-order valence-corrected chi connectivity index (χ0v) is 16.4. The van der Waals surface area contributed by atoms with E-state index in [0.717, 1.165) is 58.8 Å². The molecular formula is C19H29ClFN3O3. The average molecular weight is 402 g/mol. The fourth-order valence-corrected chi connectivity index (χ4v) is 3.44. The van der Waals surface area contributed by atoms with Gasteiger partial charge in [-0.25, -0.2) is 4.39 Å². The van der Waals surface area contributed by atoms with Crippen LogP contribution in [-0.2, 0) is 9.53 Å². The summed E-state index contributed by atoms with van der Waals surface area (Å²) in [5.74, 6) is 0.176. The first kappa shape index (κ1) is 21.9. The highest BCUT2D eigenvalue weighted by Crippen LogP contribution is 2.14. The number of benzene rings is 1. The number of morpholine rings is 1. The Kier molecular flexibility index (Phi) is 9.27. The number of hydrogen-bond acceptors (Lipinski definition) is 5. The molecule has 1 aromatic carbocycles. The Hall–Kier alpha value is -1.41. The van der Waals surface area contributed by atoms with Crippen LogP contribution < -0.4 is 10.1 Å². The minimum atomic E-state index is -0.316. The molecule has 0 bridgehead atoms. The highest BCUT2D eigenvalue weighted by Gasteiger charge is 2.26. The molecule has 152 valence electrons. The largest absolute Gasteiger partial charge is 0.484 e. The monoisotopic (exact) mass is 401 g/mol. The van der Waals surface area contributed by atoms with E-state index in [1.54, 1.807) is 12.1 Å². The third kappa shape index (κ3) is 6.92. The highest BCUT2D eigenvalue weighted by atomic mass is 35.5. The molecule has 0 spiro atoms. The summed E-state index contributed by atoms with van der Waals surface area (Å²) in [6, 6.07) is 5.96. The lowest BCUT2D eigenvalue weighted by Gasteiger charge is -2.36. The normalized spacial score (nSPS) is 20.6. The molecule has 1 aromatic rings. The second kappa shape index (κ2) is 11.4. The molecule has 2 heterocycles. The maximum atomic E-state index is 13.0. The molecule has 1 amide bonds.